The summed E-state index contributed by atoms with van der Waals surface area (Å²) in [5.74, 6) is 0.729. The van der Waals surface area contributed by atoms with Gasteiger partial charge in [-0.2, -0.15) is 5.10 Å². The van der Waals surface area contributed by atoms with Crippen molar-refractivity contribution in [2.24, 2.45) is 17.0 Å². The predicted octanol–water partition coefficient (Wildman–Crippen LogP) is 4.32. The van der Waals surface area contributed by atoms with Crippen molar-refractivity contribution in [1.29, 1.82) is 0 Å². The molecule has 1 aromatic rings. The van der Waals surface area contributed by atoms with Crippen molar-refractivity contribution in [2.45, 2.75) is 38.5 Å². The zero-order valence-electron chi connectivity index (χ0n) is 17.8. The van der Waals surface area contributed by atoms with Gasteiger partial charge in [-0.05, 0) is 67.9 Å². The summed E-state index contributed by atoms with van der Waals surface area (Å²) in [7, 11) is 1.93. The van der Waals surface area contributed by atoms with Gasteiger partial charge in [-0.1, -0.05) is 18.2 Å². The van der Waals surface area contributed by atoms with Crippen LogP contribution in [0, 0.1) is 0 Å². The van der Waals surface area contributed by atoms with E-state index in [-0.39, 0.29) is 0 Å². The zero-order valence-corrected chi connectivity index (χ0v) is 17.8. The number of aryl methyl sites for hydroxylation is 1. The number of amidine groups is 1. The lowest BCUT2D eigenvalue weighted by molar-refractivity contribution is 0.134. The van der Waals surface area contributed by atoms with E-state index < -0.39 is 0 Å². The van der Waals surface area contributed by atoms with Crippen LogP contribution in [0.25, 0.3) is 0 Å². The number of rotatable bonds is 3. The van der Waals surface area contributed by atoms with Crippen LogP contribution in [0.2, 0.25) is 0 Å². The van der Waals surface area contributed by atoms with Crippen LogP contribution in [-0.2, 0) is 16.5 Å². The second-order valence-corrected chi connectivity index (χ2v) is 7.83. The van der Waals surface area contributed by atoms with Crippen molar-refractivity contribution in [1.82, 2.24) is 9.78 Å². The summed E-state index contributed by atoms with van der Waals surface area (Å²) in [6.07, 6.45) is 14.1. The second-order valence-electron chi connectivity index (χ2n) is 7.83. The average Bonchev–Trinajstić information content (AvgIpc) is 2.89. The molecule has 4 rings (SSSR count). The van der Waals surface area contributed by atoms with Gasteiger partial charge in [-0.3, -0.25) is 4.68 Å². The minimum atomic E-state index is 0.729. The van der Waals surface area contributed by atoms with E-state index >= 15 is 0 Å². The maximum absolute atomic E-state index is 5.62. The molecule has 30 heavy (non-hydrogen) atoms. The van der Waals surface area contributed by atoms with Crippen LogP contribution in [0.3, 0.4) is 0 Å². The number of hydrogen-bond donors (Lipinski definition) is 0. The van der Waals surface area contributed by atoms with Gasteiger partial charge in [0, 0.05) is 26.5 Å². The Morgan fingerprint density at radius 3 is 2.70 bits per heavy atom. The SMILES string of the molecule is C=C1C=C(C2=CCCOCCC2)N=C(/C=C2/CCCOCC2)N=C1c1ccnn1C. The molecule has 158 valence electrons. The van der Waals surface area contributed by atoms with Crippen molar-refractivity contribution in [3.63, 3.8) is 0 Å². The molecule has 0 aliphatic carbocycles. The summed E-state index contributed by atoms with van der Waals surface area (Å²) in [6.45, 7) is 7.46. The van der Waals surface area contributed by atoms with Crippen molar-refractivity contribution >= 4 is 11.5 Å². The van der Waals surface area contributed by atoms with Crippen LogP contribution in [0.15, 0.2) is 69.5 Å². The molecule has 0 unspecified atom stereocenters. The predicted molar refractivity (Wildman–Crippen MR) is 120 cm³/mol. The van der Waals surface area contributed by atoms with Gasteiger partial charge in [0.15, 0.2) is 5.84 Å². The monoisotopic (exact) mass is 406 g/mol. The molecule has 4 heterocycles. The lowest BCUT2D eigenvalue weighted by Gasteiger charge is -2.13. The van der Waals surface area contributed by atoms with Gasteiger partial charge in [-0.15, -0.1) is 0 Å². The van der Waals surface area contributed by atoms with Crippen LogP contribution in [-0.4, -0.2) is 47.8 Å². The molecule has 0 N–H and O–H groups in total. The molecular weight excluding hydrogens is 376 g/mol. The fourth-order valence-corrected chi connectivity index (χ4v) is 3.93. The van der Waals surface area contributed by atoms with Gasteiger partial charge in [0.1, 0.15) is 0 Å². The highest BCUT2D eigenvalue weighted by molar-refractivity contribution is 6.19. The number of aliphatic imine (C=N–C) groups is 2. The highest BCUT2D eigenvalue weighted by atomic mass is 16.5. The van der Waals surface area contributed by atoms with E-state index in [1.165, 1.54) is 11.1 Å². The number of hydrogen-bond acceptors (Lipinski definition) is 5. The van der Waals surface area contributed by atoms with E-state index in [9.17, 15) is 0 Å². The third kappa shape index (κ3) is 5.12. The van der Waals surface area contributed by atoms with Gasteiger partial charge >= 0.3 is 0 Å². The first-order valence-corrected chi connectivity index (χ1v) is 10.8. The van der Waals surface area contributed by atoms with Crippen LogP contribution in [0.1, 0.15) is 44.2 Å². The Hall–Kier alpha value is -2.57. The first-order valence-electron chi connectivity index (χ1n) is 10.8. The average molecular weight is 407 g/mol. The van der Waals surface area contributed by atoms with Crippen molar-refractivity contribution in [3.05, 3.63) is 65.2 Å². The molecule has 1 aromatic heterocycles. The van der Waals surface area contributed by atoms with Gasteiger partial charge in [0.2, 0.25) is 0 Å². The highest BCUT2D eigenvalue weighted by Crippen LogP contribution is 2.26. The maximum atomic E-state index is 5.62. The van der Waals surface area contributed by atoms with Crippen LogP contribution >= 0.6 is 0 Å². The Morgan fingerprint density at radius 1 is 1.03 bits per heavy atom. The molecule has 3 aliphatic heterocycles. The van der Waals surface area contributed by atoms with E-state index in [0.29, 0.717) is 0 Å². The summed E-state index contributed by atoms with van der Waals surface area (Å²) in [4.78, 5) is 9.97. The number of aromatic nitrogens is 2. The second kappa shape index (κ2) is 9.96. The minimum absolute atomic E-state index is 0.729. The topological polar surface area (TPSA) is 61.0 Å². The molecule has 0 saturated carbocycles. The Labute approximate surface area is 178 Å². The van der Waals surface area contributed by atoms with Crippen molar-refractivity contribution in [3.8, 4) is 0 Å². The van der Waals surface area contributed by atoms with E-state index in [0.717, 1.165) is 93.5 Å². The van der Waals surface area contributed by atoms with Gasteiger partial charge < -0.3 is 9.47 Å². The van der Waals surface area contributed by atoms with E-state index in [4.69, 9.17) is 19.5 Å². The van der Waals surface area contributed by atoms with Gasteiger partial charge in [0.05, 0.1) is 30.3 Å². The molecule has 1 saturated heterocycles. The Kier molecular flexibility index (Phi) is 6.87. The quantitative estimate of drug-likeness (QED) is 0.751. The maximum Gasteiger partial charge on any atom is 0.153 e. The van der Waals surface area contributed by atoms with E-state index in [1.807, 2.05) is 17.8 Å². The van der Waals surface area contributed by atoms with Gasteiger partial charge in [0.25, 0.3) is 0 Å². The molecule has 0 radical (unpaired) electrons. The lowest BCUT2D eigenvalue weighted by Crippen LogP contribution is -2.11. The summed E-state index contributed by atoms with van der Waals surface area (Å²) in [5, 5.41) is 4.32. The van der Waals surface area contributed by atoms with Crippen LogP contribution in [0.5, 0.6) is 0 Å². The highest BCUT2D eigenvalue weighted by Gasteiger charge is 2.18. The largest absolute Gasteiger partial charge is 0.381 e. The normalized spacial score (nSPS) is 22.8. The molecule has 3 aliphatic rings. The summed E-state index contributed by atoms with van der Waals surface area (Å²) in [6, 6.07) is 1.97. The standard InChI is InChI=1S/C24H30N4O2/c1-18-16-21(20-7-4-13-29-14-5-8-20)26-23(17-19-6-3-12-30-15-10-19)27-24(18)22-9-11-25-28(22)2/h7,9,11,16-17H,1,3-6,8,10,12-15H2,2H3/b19-17-,20-7?. The molecule has 0 bridgehead atoms. The van der Waals surface area contributed by atoms with E-state index in [2.05, 4.69) is 29.9 Å². The van der Waals surface area contributed by atoms with E-state index in [1.54, 1.807) is 6.20 Å². The van der Waals surface area contributed by atoms with Crippen molar-refractivity contribution < 1.29 is 9.47 Å². The molecule has 6 nitrogen and oxygen atoms in total. The smallest absolute Gasteiger partial charge is 0.153 e. The van der Waals surface area contributed by atoms with Crippen LogP contribution < -0.4 is 0 Å². The van der Waals surface area contributed by atoms with Crippen molar-refractivity contribution in [2.75, 3.05) is 26.4 Å². The molecule has 0 aromatic carbocycles. The first-order chi connectivity index (χ1) is 14.7. The molecular formula is C24H30N4O2. The van der Waals surface area contributed by atoms with Gasteiger partial charge in [-0.25, -0.2) is 9.98 Å². The van der Waals surface area contributed by atoms with Crippen LogP contribution in [0.4, 0.5) is 0 Å². The summed E-state index contributed by atoms with van der Waals surface area (Å²) in [5.41, 5.74) is 6.16. The fourth-order valence-electron chi connectivity index (χ4n) is 3.93. The minimum Gasteiger partial charge on any atom is -0.381 e. The fraction of sp³-hybridized carbons (Fsp3) is 0.458. The molecule has 0 atom stereocenters. The number of allylic oxidation sites excluding steroid dienone is 3. The Balaban J connectivity index is 1.75. The third-order valence-corrected chi connectivity index (χ3v) is 5.54. The molecule has 0 spiro atoms. The number of ether oxygens (including phenoxy) is 2. The molecule has 1 fully saturated rings. The Bertz CT molecular complexity index is 936. The molecule has 6 heteroatoms. The Morgan fingerprint density at radius 2 is 1.87 bits per heavy atom. The number of nitrogens with zero attached hydrogens (tertiary/aromatic N) is 4. The first kappa shape index (κ1) is 20.7. The molecule has 0 amide bonds. The summed E-state index contributed by atoms with van der Waals surface area (Å²) >= 11 is 0. The summed E-state index contributed by atoms with van der Waals surface area (Å²) < 4.78 is 13.0. The lowest BCUT2D eigenvalue weighted by atomic mass is 10.0. The third-order valence-electron chi connectivity index (χ3n) is 5.54. The zero-order chi connectivity index (χ0) is 20.8.